The summed E-state index contributed by atoms with van der Waals surface area (Å²) in [5, 5.41) is 0. The first kappa shape index (κ1) is 13.1. The fraction of sp³-hybridized carbons (Fsp3) is 0.700. The molecule has 2 N–H and O–H groups in total. The van der Waals surface area contributed by atoms with Crippen molar-refractivity contribution >= 4 is 5.91 Å². The second kappa shape index (κ2) is 7.53. The maximum Gasteiger partial charge on any atom is 0.248 e. The van der Waals surface area contributed by atoms with E-state index in [1.54, 1.807) is 4.90 Å². The zero-order valence-electron chi connectivity index (χ0n) is 9.08. The standard InChI is InChI=1S/C10H20N2O2/c1-4-12(7-9(2)3)10(13)8-14-6-5-11/h2,4-8,11H2,1,3H3. The van der Waals surface area contributed by atoms with Crippen LogP contribution in [0.5, 0.6) is 0 Å². The quantitative estimate of drug-likeness (QED) is 0.477. The Kier molecular flexibility index (Phi) is 7.06. The number of carbonyl (C=O) groups excluding carboxylic acids is 1. The third-order valence-corrected chi connectivity index (χ3v) is 1.68. The molecule has 0 saturated heterocycles. The minimum Gasteiger partial charge on any atom is -0.370 e. The van der Waals surface area contributed by atoms with E-state index in [4.69, 9.17) is 10.5 Å². The highest BCUT2D eigenvalue weighted by molar-refractivity contribution is 5.77. The van der Waals surface area contributed by atoms with Gasteiger partial charge in [0.2, 0.25) is 5.91 Å². The van der Waals surface area contributed by atoms with Crippen molar-refractivity contribution in [3.05, 3.63) is 12.2 Å². The van der Waals surface area contributed by atoms with Crippen molar-refractivity contribution < 1.29 is 9.53 Å². The molecule has 4 nitrogen and oxygen atoms in total. The SMILES string of the molecule is C=C(C)CN(CC)C(=O)COCCN. The largest absolute Gasteiger partial charge is 0.370 e. The predicted molar refractivity (Wildman–Crippen MR) is 56.9 cm³/mol. The van der Waals surface area contributed by atoms with Gasteiger partial charge in [0, 0.05) is 19.6 Å². The molecule has 0 saturated carbocycles. The van der Waals surface area contributed by atoms with E-state index in [0.717, 1.165) is 5.57 Å². The van der Waals surface area contributed by atoms with Crippen molar-refractivity contribution in [1.82, 2.24) is 4.90 Å². The molecule has 0 aliphatic rings. The van der Waals surface area contributed by atoms with E-state index in [1.165, 1.54) is 0 Å². The normalized spacial score (nSPS) is 9.93. The van der Waals surface area contributed by atoms with Gasteiger partial charge in [0.15, 0.2) is 0 Å². The van der Waals surface area contributed by atoms with Gasteiger partial charge in [-0.25, -0.2) is 0 Å². The van der Waals surface area contributed by atoms with E-state index < -0.39 is 0 Å². The number of amides is 1. The third-order valence-electron chi connectivity index (χ3n) is 1.68. The van der Waals surface area contributed by atoms with Crippen LogP contribution in [-0.2, 0) is 9.53 Å². The van der Waals surface area contributed by atoms with Gasteiger partial charge < -0.3 is 15.4 Å². The summed E-state index contributed by atoms with van der Waals surface area (Å²) < 4.78 is 5.06. The summed E-state index contributed by atoms with van der Waals surface area (Å²) in [4.78, 5) is 13.2. The van der Waals surface area contributed by atoms with E-state index in [0.29, 0.717) is 26.2 Å². The number of hydrogen-bond donors (Lipinski definition) is 1. The average Bonchev–Trinajstić information content (AvgIpc) is 2.14. The number of carbonyl (C=O) groups is 1. The van der Waals surface area contributed by atoms with Gasteiger partial charge in [-0.2, -0.15) is 0 Å². The van der Waals surface area contributed by atoms with Crippen LogP contribution in [0.1, 0.15) is 13.8 Å². The lowest BCUT2D eigenvalue weighted by Gasteiger charge is -2.20. The van der Waals surface area contributed by atoms with E-state index in [2.05, 4.69) is 6.58 Å². The Morgan fingerprint density at radius 3 is 2.64 bits per heavy atom. The molecule has 0 aliphatic heterocycles. The molecule has 0 aromatic rings. The Balaban J connectivity index is 3.85. The highest BCUT2D eigenvalue weighted by Gasteiger charge is 2.10. The van der Waals surface area contributed by atoms with Crippen molar-refractivity contribution in [2.75, 3.05) is 32.8 Å². The number of nitrogens with zero attached hydrogens (tertiary/aromatic N) is 1. The molecule has 4 heteroatoms. The Morgan fingerprint density at radius 1 is 1.57 bits per heavy atom. The first-order valence-corrected chi connectivity index (χ1v) is 4.81. The van der Waals surface area contributed by atoms with Crippen molar-refractivity contribution in [1.29, 1.82) is 0 Å². The molecule has 0 rings (SSSR count). The van der Waals surface area contributed by atoms with Crippen LogP contribution in [0.2, 0.25) is 0 Å². The molecule has 0 aliphatic carbocycles. The average molecular weight is 200 g/mol. The van der Waals surface area contributed by atoms with Crippen LogP contribution < -0.4 is 5.73 Å². The minimum atomic E-state index is -0.0102. The van der Waals surface area contributed by atoms with Crippen LogP contribution in [0, 0.1) is 0 Å². The van der Waals surface area contributed by atoms with Crippen molar-refractivity contribution in [3.63, 3.8) is 0 Å². The monoisotopic (exact) mass is 200 g/mol. The number of ether oxygens (including phenoxy) is 1. The summed E-state index contributed by atoms with van der Waals surface area (Å²) in [5.41, 5.74) is 6.21. The van der Waals surface area contributed by atoms with Gasteiger partial charge in [0.05, 0.1) is 6.61 Å². The minimum absolute atomic E-state index is 0.0102. The van der Waals surface area contributed by atoms with E-state index in [-0.39, 0.29) is 12.5 Å². The Hall–Kier alpha value is -0.870. The summed E-state index contributed by atoms with van der Waals surface area (Å²) in [7, 11) is 0. The molecule has 0 radical (unpaired) electrons. The molecule has 0 unspecified atom stereocenters. The fourth-order valence-corrected chi connectivity index (χ4v) is 1.04. The van der Waals surface area contributed by atoms with Crippen LogP contribution in [-0.4, -0.2) is 43.7 Å². The second-order valence-electron chi connectivity index (χ2n) is 3.21. The van der Waals surface area contributed by atoms with Gasteiger partial charge in [-0.05, 0) is 13.8 Å². The molecule has 0 heterocycles. The Bertz CT molecular complexity index is 193. The molecular formula is C10H20N2O2. The van der Waals surface area contributed by atoms with Gasteiger partial charge in [-0.3, -0.25) is 4.79 Å². The lowest BCUT2D eigenvalue weighted by molar-refractivity contribution is -0.135. The predicted octanol–water partition coefficient (Wildman–Crippen LogP) is 0.386. The van der Waals surface area contributed by atoms with Gasteiger partial charge in [0.1, 0.15) is 6.61 Å². The van der Waals surface area contributed by atoms with Crippen LogP contribution in [0.4, 0.5) is 0 Å². The summed E-state index contributed by atoms with van der Waals surface area (Å²) in [5.74, 6) is -0.0102. The lowest BCUT2D eigenvalue weighted by atomic mass is 10.3. The number of rotatable bonds is 7. The summed E-state index contributed by atoms with van der Waals surface area (Å²) >= 11 is 0. The van der Waals surface area contributed by atoms with Crippen molar-refractivity contribution in [3.8, 4) is 0 Å². The molecule has 0 spiro atoms. The van der Waals surface area contributed by atoms with E-state index in [9.17, 15) is 4.79 Å². The molecule has 0 aromatic heterocycles. The first-order chi connectivity index (χ1) is 6.61. The van der Waals surface area contributed by atoms with E-state index >= 15 is 0 Å². The fourth-order valence-electron chi connectivity index (χ4n) is 1.04. The molecule has 14 heavy (non-hydrogen) atoms. The zero-order chi connectivity index (χ0) is 11.0. The highest BCUT2D eigenvalue weighted by Crippen LogP contribution is 1.96. The molecule has 82 valence electrons. The van der Waals surface area contributed by atoms with Gasteiger partial charge in [-0.1, -0.05) is 12.2 Å². The van der Waals surface area contributed by atoms with Gasteiger partial charge >= 0.3 is 0 Å². The molecule has 0 bridgehead atoms. The molecule has 0 aromatic carbocycles. The van der Waals surface area contributed by atoms with Crippen LogP contribution >= 0.6 is 0 Å². The van der Waals surface area contributed by atoms with E-state index in [1.807, 2.05) is 13.8 Å². The zero-order valence-corrected chi connectivity index (χ0v) is 9.08. The summed E-state index contributed by atoms with van der Waals surface area (Å²) in [6, 6.07) is 0. The summed E-state index contributed by atoms with van der Waals surface area (Å²) in [6.07, 6.45) is 0. The molecule has 0 atom stereocenters. The van der Waals surface area contributed by atoms with Gasteiger partial charge in [0.25, 0.3) is 0 Å². The van der Waals surface area contributed by atoms with Crippen molar-refractivity contribution in [2.45, 2.75) is 13.8 Å². The number of hydrogen-bond acceptors (Lipinski definition) is 3. The molecule has 1 amide bonds. The number of likely N-dealkylation sites (N-methyl/N-ethyl adjacent to an activating group) is 1. The van der Waals surface area contributed by atoms with Gasteiger partial charge in [-0.15, -0.1) is 0 Å². The number of nitrogens with two attached hydrogens (primary N) is 1. The van der Waals surface area contributed by atoms with Crippen LogP contribution in [0.15, 0.2) is 12.2 Å². The topological polar surface area (TPSA) is 55.6 Å². The Labute approximate surface area is 85.7 Å². The van der Waals surface area contributed by atoms with Crippen molar-refractivity contribution in [2.24, 2.45) is 5.73 Å². The smallest absolute Gasteiger partial charge is 0.248 e. The maximum atomic E-state index is 11.5. The Morgan fingerprint density at radius 2 is 2.21 bits per heavy atom. The maximum absolute atomic E-state index is 11.5. The molecule has 0 fully saturated rings. The first-order valence-electron chi connectivity index (χ1n) is 4.81. The third kappa shape index (κ3) is 5.72. The summed E-state index contributed by atoms with van der Waals surface area (Å²) in [6.45, 7) is 9.86. The second-order valence-corrected chi connectivity index (χ2v) is 3.21. The highest BCUT2D eigenvalue weighted by atomic mass is 16.5. The van der Waals surface area contributed by atoms with Crippen LogP contribution in [0.3, 0.4) is 0 Å². The van der Waals surface area contributed by atoms with Crippen LogP contribution in [0.25, 0.3) is 0 Å². The molecular weight excluding hydrogens is 180 g/mol. The lowest BCUT2D eigenvalue weighted by Crippen LogP contribution is -2.35.